The van der Waals surface area contributed by atoms with Crippen LogP contribution in [0.2, 0.25) is 0 Å². The number of ether oxygens (including phenoxy) is 1. The Morgan fingerprint density at radius 3 is 2.28 bits per heavy atom. The molecule has 1 aromatic heterocycles. The van der Waals surface area contributed by atoms with E-state index in [1.807, 2.05) is 82.3 Å². The Morgan fingerprint density at radius 2 is 1.72 bits per heavy atom. The van der Waals surface area contributed by atoms with Gasteiger partial charge in [-0.25, -0.2) is 4.68 Å². The van der Waals surface area contributed by atoms with Gasteiger partial charge in [-0.2, -0.15) is 5.10 Å². The molecule has 0 spiro atoms. The van der Waals surface area contributed by atoms with Gasteiger partial charge in [0.15, 0.2) is 5.69 Å². The van der Waals surface area contributed by atoms with Crippen molar-refractivity contribution < 1.29 is 14.3 Å². The Bertz CT molecular complexity index is 1070. The van der Waals surface area contributed by atoms with Crippen molar-refractivity contribution in [3.05, 3.63) is 66.4 Å². The molecule has 0 aliphatic carbocycles. The van der Waals surface area contributed by atoms with Gasteiger partial charge in [-0.3, -0.25) is 9.59 Å². The molecule has 7 nitrogen and oxygen atoms in total. The normalized spacial score (nSPS) is 11.2. The van der Waals surface area contributed by atoms with Crippen molar-refractivity contribution in [2.75, 3.05) is 20.2 Å². The number of nitrogens with zero attached hydrogens (tertiary/aromatic N) is 3. The fourth-order valence-electron chi connectivity index (χ4n) is 3.34. The van der Waals surface area contributed by atoms with Gasteiger partial charge >= 0.3 is 0 Å². The minimum Gasteiger partial charge on any atom is -0.497 e. The number of para-hydroxylation sites is 1. The van der Waals surface area contributed by atoms with E-state index in [-0.39, 0.29) is 29.6 Å². The van der Waals surface area contributed by atoms with Crippen LogP contribution in [-0.4, -0.2) is 52.2 Å². The zero-order chi connectivity index (χ0) is 23.3. The van der Waals surface area contributed by atoms with Crippen molar-refractivity contribution >= 4 is 11.8 Å². The number of carbonyl (C=O) groups excluding carboxylic acids is 2. The average Bonchev–Trinajstić information content (AvgIpc) is 3.22. The highest BCUT2D eigenvalue weighted by Gasteiger charge is 2.24. The van der Waals surface area contributed by atoms with Crippen molar-refractivity contribution in [3.8, 4) is 22.7 Å². The monoisotopic (exact) mass is 434 g/mol. The number of methoxy groups -OCH3 is 1. The van der Waals surface area contributed by atoms with Gasteiger partial charge in [-0.05, 0) is 70.2 Å². The molecule has 0 saturated carbocycles. The van der Waals surface area contributed by atoms with E-state index in [1.165, 1.54) is 4.90 Å². The van der Waals surface area contributed by atoms with E-state index in [2.05, 4.69) is 10.4 Å². The third-order valence-corrected chi connectivity index (χ3v) is 4.83. The molecule has 2 amide bonds. The Hall–Kier alpha value is -3.61. The first-order valence-electron chi connectivity index (χ1n) is 10.6. The van der Waals surface area contributed by atoms with E-state index < -0.39 is 0 Å². The van der Waals surface area contributed by atoms with Crippen LogP contribution in [0.1, 0.15) is 38.2 Å². The molecule has 0 bridgehead atoms. The lowest BCUT2D eigenvalue weighted by Gasteiger charge is -2.24. The number of hydrogen-bond donors (Lipinski definition) is 1. The highest BCUT2D eigenvalue weighted by molar-refractivity contribution is 5.96. The van der Waals surface area contributed by atoms with Crippen LogP contribution >= 0.6 is 0 Å². The minimum absolute atomic E-state index is 0.0251. The lowest BCUT2D eigenvalue weighted by molar-refractivity contribution is -0.123. The molecule has 3 rings (SSSR count). The maximum atomic E-state index is 13.3. The number of amides is 2. The summed E-state index contributed by atoms with van der Waals surface area (Å²) in [7, 11) is 1.62. The van der Waals surface area contributed by atoms with Gasteiger partial charge in [0.05, 0.1) is 25.0 Å². The lowest BCUT2D eigenvalue weighted by Crippen LogP contribution is -2.47. The summed E-state index contributed by atoms with van der Waals surface area (Å²) in [4.78, 5) is 27.1. The largest absolute Gasteiger partial charge is 0.497 e. The molecular weight excluding hydrogens is 404 g/mol. The zero-order valence-electron chi connectivity index (χ0n) is 19.3. The van der Waals surface area contributed by atoms with Gasteiger partial charge in [0.1, 0.15) is 5.75 Å². The number of rotatable bonds is 7. The number of aromatic nitrogens is 2. The summed E-state index contributed by atoms with van der Waals surface area (Å²) in [6.45, 7) is 7.94. The maximum Gasteiger partial charge on any atom is 0.274 e. The van der Waals surface area contributed by atoms with Crippen molar-refractivity contribution in [1.82, 2.24) is 20.0 Å². The molecular formula is C25H30N4O3. The van der Waals surface area contributed by atoms with E-state index in [9.17, 15) is 9.59 Å². The van der Waals surface area contributed by atoms with Crippen LogP contribution in [0.5, 0.6) is 5.75 Å². The Labute approximate surface area is 189 Å². The quantitative estimate of drug-likeness (QED) is 0.611. The van der Waals surface area contributed by atoms with Gasteiger partial charge in [0, 0.05) is 17.6 Å². The van der Waals surface area contributed by atoms with Crippen LogP contribution in [0.25, 0.3) is 16.9 Å². The first-order valence-corrected chi connectivity index (χ1v) is 10.6. The van der Waals surface area contributed by atoms with Gasteiger partial charge in [-0.15, -0.1) is 0 Å². The molecule has 0 atom stereocenters. The third kappa shape index (κ3) is 5.55. The van der Waals surface area contributed by atoms with Crippen molar-refractivity contribution in [3.63, 3.8) is 0 Å². The second-order valence-corrected chi connectivity index (χ2v) is 8.51. The third-order valence-electron chi connectivity index (χ3n) is 4.83. The second-order valence-electron chi connectivity index (χ2n) is 8.51. The van der Waals surface area contributed by atoms with Crippen LogP contribution in [0, 0.1) is 0 Å². The second kappa shape index (κ2) is 9.68. The summed E-state index contributed by atoms with van der Waals surface area (Å²) < 4.78 is 7.01. The molecule has 3 aromatic rings. The van der Waals surface area contributed by atoms with E-state index in [1.54, 1.807) is 17.9 Å². The number of benzene rings is 2. The predicted molar refractivity (Wildman–Crippen MR) is 125 cm³/mol. The molecule has 0 saturated heterocycles. The fourth-order valence-corrected chi connectivity index (χ4v) is 3.34. The standard InChI is InChI=1S/C25H30N4O3/c1-6-28(17-23(30)26-25(2,3)4)24(31)21-16-22(18-12-14-20(32-5)15-13-18)29(27-21)19-10-8-7-9-11-19/h7-16H,6,17H2,1-5H3,(H,26,30). The molecule has 32 heavy (non-hydrogen) atoms. The van der Waals surface area contributed by atoms with Crippen molar-refractivity contribution in [2.45, 2.75) is 33.2 Å². The fraction of sp³-hybridized carbons (Fsp3) is 0.320. The summed E-state index contributed by atoms with van der Waals surface area (Å²) in [5.41, 5.74) is 2.43. The topological polar surface area (TPSA) is 76.5 Å². The van der Waals surface area contributed by atoms with Crippen molar-refractivity contribution in [1.29, 1.82) is 0 Å². The molecule has 0 unspecified atom stereocenters. The van der Waals surface area contributed by atoms with E-state index in [4.69, 9.17) is 4.74 Å². The summed E-state index contributed by atoms with van der Waals surface area (Å²) in [5, 5.41) is 7.51. The molecule has 0 aliphatic rings. The highest BCUT2D eigenvalue weighted by atomic mass is 16.5. The lowest BCUT2D eigenvalue weighted by atomic mass is 10.1. The van der Waals surface area contributed by atoms with Crippen LogP contribution < -0.4 is 10.1 Å². The van der Waals surface area contributed by atoms with E-state index in [0.717, 1.165) is 22.7 Å². The van der Waals surface area contributed by atoms with Crippen LogP contribution in [-0.2, 0) is 4.79 Å². The van der Waals surface area contributed by atoms with Gasteiger partial charge in [0.2, 0.25) is 5.91 Å². The summed E-state index contributed by atoms with van der Waals surface area (Å²) in [6, 6.07) is 19.0. The van der Waals surface area contributed by atoms with Gasteiger partial charge in [0.25, 0.3) is 5.91 Å². The molecule has 0 radical (unpaired) electrons. The first-order chi connectivity index (χ1) is 15.2. The molecule has 1 N–H and O–H groups in total. The molecule has 0 fully saturated rings. The smallest absolute Gasteiger partial charge is 0.274 e. The van der Waals surface area contributed by atoms with Crippen molar-refractivity contribution in [2.24, 2.45) is 0 Å². The van der Waals surface area contributed by atoms with Gasteiger partial charge < -0.3 is 15.0 Å². The summed E-state index contributed by atoms with van der Waals surface area (Å²) in [5.74, 6) is 0.254. The van der Waals surface area contributed by atoms with Crippen LogP contribution in [0.3, 0.4) is 0 Å². The van der Waals surface area contributed by atoms with E-state index >= 15 is 0 Å². The predicted octanol–water partition coefficient (Wildman–Crippen LogP) is 3.92. The summed E-state index contributed by atoms with van der Waals surface area (Å²) >= 11 is 0. The van der Waals surface area contributed by atoms with Crippen LogP contribution in [0.15, 0.2) is 60.7 Å². The SMILES string of the molecule is CCN(CC(=O)NC(C)(C)C)C(=O)c1cc(-c2ccc(OC)cc2)n(-c2ccccc2)n1. The first kappa shape index (κ1) is 23.1. The minimum atomic E-state index is -0.365. The molecule has 0 aliphatic heterocycles. The number of likely N-dealkylation sites (N-methyl/N-ethyl adjacent to an activating group) is 1. The Kier molecular flexibility index (Phi) is 6.98. The summed E-state index contributed by atoms with van der Waals surface area (Å²) in [6.07, 6.45) is 0. The van der Waals surface area contributed by atoms with Crippen LogP contribution in [0.4, 0.5) is 0 Å². The Balaban J connectivity index is 1.96. The van der Waals surface area contributed by atoms with E-state index in [0.29, 0.717) is 6.54 Å². The molecule has 7 heteroatoms. The number of hydrogen-bond acceptors (Lipinski definition) is 4. The zero-order valence-corrected chi connectivity index (χ0v) is 19.3. The molecule has 1 heterocycles. The maximum absolute atomic E-state index is 13.3. The average molecular weight is 435 g/mol. The number of carbonyl (C=O) groups is 2. The molecule has 2 aromatic carbocycles. The highest BCUT2D eigenvalue weighted by Crippen LogP contribution is 2.26. The van der Waals surface area contributed by atoms with Gasteiger partial charge in [-0.1, -0.05) is 18.2 Å². The molecule has 168 valence electrons. The Morgan fingerprint density at radius 1 is 1.06 bits per heavy atom. The number of nitrogens with one attached hydrogen (secondary N) is 1.